The first kappa shape index (κ1) is 10.4. The predicted octanol–water partition coefficient (Wildman–Crippen LogP) is 2.44. The molecular weight excluding hydrogens is 202 g/mol. The molecule has 2 nitrogen and oxygen atoms in total. The minimum Gasteiger partial charge on any atom is -0.294 e. The van der Waals surface area contributed by atoms with Crippen molar-refractivity contribution >= 4 is 11.7 Å². The van der Waals surface area contributed by atoms with Crippen LogP contribution in [0, 0.1) is 0 Å². The summed E-state index contributed by atoms with van der Waals surface area (Å²) in [5.74, 6) is -6.97. The molecule has 0 aromatic rings. The number of hydrogen-bond donors (Lipinski definition) is 0. The van der Waals surface area contributed by atoms with Gasteiger partial charge in [-0.2, -0.15) is 13.8 Å². The van der Waals surface area contributed by atoms with Crippen LogP contribution in [0.2, 0.25) is 0 Å². The Morgan fingerprint density at radius 2 is 1.79 bits per heavy atom. The molecule has 1 heterocycles. The van der Waals surface area contributed by atoms with Gasteiger partial charge in [-0.3, -0.25) is 4.79 Å². The first-order chi connectivity index (χ1) is 6.45. The average Bonchev–Trinajstić information content (AvgIpc) is 2.19. The first-order valence-electron chi connectivity index (χ1n) is 3.41. The van der Waals surface area contributed by atoms with E-state index >= 15 is 0 Å². The summed E-state index contributed by atoms with van der Waals surface area (Å²) in [6.45, 7) is 0.778. The van der Waals surface area contributed by atoms with Crippen molar-refractivity contribution in [2.24, 2.45) is 4.99 Å². The SMILES string of the molecule is CC(=O)C1=C(F)C(F)=C=NC(F)=C1F. The highest BCUT2D eigenvalue weighted by molar-refractivity contribution is 5.99. The lowest BCUT2D eigenvalue weighted by Crippen LogP contribution is -2.01. The Morgan fingerprint density at radius 1 is 1.21 bits per heavy atom. The highest BCUT2D eigenvalue weighted by Gasteiger charge is 2.25. The third-order valence-corrected chi connectivity index (χ3v) is 1.42. The Bertz CT molecular complexity index is 427. The Labute approximate surface area is 75.9 Å². The molecule has 0 unspecified atom stereocenters. The van der Waals surface area contributed by atoms with Crippen molar-refractivity contribution in [2.75, 3.05) is 0 Å². The van der Waals surface area contributed by atoms with Crippen molar-refractivity contribution in [2.45, 2.75) is 6.92 Å². The number of nitrogens with zero attached hydrogens (tertiary/aromatic N) is 1. The maximum absolute atomic E-state index is 12.9. The van der Waals surface area contributed by atoms with E-state index in [0.29, 0.717) is 0 Å². The standard InChI is InChI=1S/C8H3F4NO/c1-3(14)5-6(10)4(9)2-13-8(12)7(5)11/h1H3. The van der Waals surface area contributed by atoms with E-state index in [0.717, 1.165) is 6.92 Å². The summed E-state index contributed by atoms with van der Waals surface area (Å²) in [6, 6.07) is 0. The molecule has 0 aliphatic carbocycles. The molecule has 0 saturated carbocycles. The van der Waals surface area contributed by atoms with Crippen LogP contribution in [-0.2, 0) is 4.79 Å². The highest BCUT2D eigenvalue weighted by atomic mass is 19.2. The van der Waals surface area contributed by atoms with E-state index < -0.39 is 34.8 Å². The highest BCUT2D eigenvalue weighted by Crippen LogP contribution is 2.28. The molecule has 74 valence electrons. The number of aliphatic imine (C=N–C) groups is 1. The average molecular weight is 205 g/mol. The Hall–Kier alpha value is -1.68. The van der Waals surface area contributed by atoms with Crippen molar-refractivity contribution in [3.05, 3.63) is 29.0 Å². The van der Waals surface area contributed by atoms with E-state index in [1.807, 2.05) is 0 Å². The van der Waals surface area contributed by atoms with Crippen LogP contribution in [0.15, 0.2) is 34.0 Å². The van der Waals surface area contributed by atoms with Crippen LogP contribution >= 0.6 is 0 Å². The molecule has 0 spiro atoms. The smallest absolute Gasteiger partial charge is 0.257 e. The molecule has 0 aromatic heterocycles. The number of allylic oxidation sites excluding steroid dienone is 4. The molecule has 0 N–H and O–H groups in total. The van der Waals surface area contributed by atoms with Gasteiger partial charge in [0, 0.05) is 5.87 Å². The summed E-state index contributed by atoms with van der Waals surface area (Å²) < 4.78 is 50.8. The van der Waals surface area contributed by atoms with Crippen molar-refractivity contribution in [1.82, 2.24) is 0 Å². The van der Waals surface area contributed by atoms with E-state index in [1.165, 1.54) is 5.87 Å². The van der Waals surface area contributed by atoms with Gasteiger partial charge in [-0.05, 0) is 6.92 Å². The van der Waals surface area contributed by atoms with Gasteiger partial charge in [0.05, 0.1) is 5.57 Å². The summed E-state index contributed by atoms with van der Waals surface area (Å²) in [5.41, 5.74) is -1.30. The van der Waals surface area contributed by atoms with Crippen LogP contribution in [0.3, 0.4) is 0 Å². The summed E-state index contributed by atoms with van der Waals surface area (Å²) in [5, 5.41) is 0. The monoisotopic (exact) mass is 205 g/mol. The van der Waals surface area contributed by atoms with Crippen molar-refractivity contribution in [3.8, 4) is 0 Å². The molecular formula is C8H3F4NO. The molecule has 14 heavy (non-hydrogen) atoms. The Balaban J connectivity index is 3.51. The molecule has 1 rings (SSSR count). The van der Waals surface area contributed by atoms with Crippen molar-refractivity contribution < 1.29 is 22.4 Å². The van der Waals surface area contributed by atoms with Crippen LogP contribution in [0.1, 0.15) is 6.92 Å². The molecule has 1 aliphatic rings. The molecule has 0 aromatic carbocycles. The lowest BCUT2D eigenvalue weighted by atomic mass is 10.1. The summed E-state index contributed by atoms with van der Waals surface area (Å²) in [7, 11) is 0. The van der Waals surface area contributed by atoms with Crippen LogP contribution in [-0.4, -0.2) is 11.7 Å². The van der Waals surface area contributed by atoms with Gasteiger partial charge >= 0.3 is 0 Å². The van der Waals surface area contributed by atoms with Gasteiger partial charge < -0.3 is 0 Å². The molecule has 1 aliphatic heterocycles. The van der Waals surface area contributed by atoms with Gasteiger partial charge in [0.15, 0.2) is 17.4 Å². The van der Waals surface area contributed by atoms with Gasteiger partial charge in [-0.25, -0.2) is 8.78 Å². The predicted molar refractivity (Wildman–Crippen MR) is 40.1 cm³/mol. The number of ketones is 1. The summed E-state index contributed by atoms with van der Waals surface area (Å²) >= 11 is 0. The van der Waals surface area contributed by atoms with Crippen LogP contribution in [0.4, 0.5) is 17.6 Å². The lowest BCUT2D eigenvalue weighted by Gasteiger charge is -1.99. The van der Waals surface area contributed by atoms with Gasteiger partial charge in [-0.15, -0.1) is 0 Å². The number of carbonyl (C=O) groups is 1. The van der Waals surface area contributed by atoms with Crippen molar-refractivity contribution in [1.29, 1.82) is 0 Å². The quantitative estimate of drug-likeness (QED) is 0.477. The first-order valence-corrected chi connectivity index (χ1v) is 3.41. The van der Waals surface area contributed by atoms with E-state index in [9.17, 15) is 22.4 Å². The molecule has 0 amide bonds. The van der Waals surface area contributed by atoms with E-state index in [2.05, 4.69) is 4.99 Å². The fraction of sp³-hybridized carbons (Fsp3) is 0.125. The van der Waals surface area contributed by atoms with Gasteiger partial charge in [0.1, 0.15) is 0 Å². The second-order valence-corrected chi connectivity index (χ2v) is 2.39. The molecule has 0 fully saturated rings. The minimum atomic E-state index is -1.82. The van der Waals surface area contributed by atoms with E-state index in [4.69, 9.17) is 0 Å². The lowest BCUT2D eigenvalue weighted by molar-refractivity contribution is -0.113. The Kier molecular flexibility index (Phi) is 2.67. The van der Waals surface area contributed by atoms with Crippen LogP contribution in [0.25, 0.3) is 0 Å². The number of Topliss-reactive ketones (excluding diaryl/α,β-unsaturated/α-hetero) is 1. The van der Waals surface area contributed by atoms with E-state index in [-0.39, 0.29) is 0 Å². The fourth-order valence-electron chi connectivity index (χ4n) is 0.815. The van der Waals surface area contributed by atoms with Gasteiger partial charge in [0.2, 0.25) is 5.83 Å². The fourth-order valence-corrected chi connectivity index (χ4v) is 0.815. The van der Waals surface area contributed by atoms with E-state index in [1.54, 1.807) is 0 Å². The third kappa shape index (κ3) is 1.65. The summed E-state index contributed by atoms with van der Waals surface area (Å²) in [6.07, 6.45) is 0. The summed E-state index contributed by atoms with van der Waals surface area (Å²) in [4.78, 5) is 13.2. The second kappa shape index (κ2) is 3.59. The van der Waals surface area contributed by atoms with Gasteiger partial charge in [-0.1, -0.05) is 0 Å². The number of carbonyl (C=O) groups excluding carboxylic acids is 1. The largest absolute Gasteiger partial charge is 0.294 e. The van der Waals surface area contributed by atoms with Crippen LogP contribution < -0.4 is 0 Å². The zero-order valence-electron chi connectivity index (χ0n) is 6.87. The minimum absolute atomic E-state index is 0.778. The number of rotatable bonds is 1. The maximum atomic E-state index is 12.9. The molecule has 0 radical (unpaired) electrons. The van der Waals surface area contributed by atoms with Gasteiger partial charge in [0.25, 0.3) is 5.95 Å². The van der Waals surface area contributed by atoms with Crippen LogP contribution in [0.5, 0.6) is 0 Å². The molecule has 0 bridgehead atoms. The molecule has 6 heteroatoms. The number of halogens is 4. The Morgan fingerprint density at radius 3 is 2.29 bits per heavy atom. The second-order valence-electron chi connectivity index (χ2n) is 2.39. The molecule has 0 saturated heterocycles. The zero-order chi connectivity index (χ0) is 10.9. The van der Waals surface area contributed by atoms with Crippen molar-refractivity contribution in [3.63, 3.8) is 0 Å². The zero-order valence-corrected chi connectivity index (χ0v) is 6.87. The maximum Gasteiger partial charge on any atom is 0.257 e. The molecule has 0 atom stereocenters. The third-order valence-electron chi connectivity index (χ3n) is 1.42. The normalized spacial score (nSPS) is 17.1. The number of hydrogen-bond acceptors (Lipinski definition) is 2. The topological polar surface area (TPSA) is 29.4 Å².